The molecule has 22 heavy (non-hydrogen) atoms. The average Bonchev–Trinajstić information content (AvgIpc) is 3.32. The number of ether oxygens (including phenoxy) is 1. The molecule has 7 nitrogen and oxygen atoms in total. The molecule has 3 rings (SSSR count). The summed E-state index contributed by atoms with van der Waals surface area (Å²) in [6.07, 6.45) is 5.69. The van der Waals surface area contributed by atoms with E-state index < -0.39 is 17.6 Å². The van der Waals surface area contributed by atoms with E-state index in [-0.39, 0.29) is 18.4 Å². The molecule has 120 valence electrons. The van der Waals surface area contributed by atoms with Crippen LogP contribution in [0.4, 0.5) is 0 Å². The molecule has 7 heteroatoms. The third-order valence-electron chi connectivity index (χ3n) is 4.38. The van der Waals surface area contributed by atoms with Crippen LogP contribution in [0, 0.1) is 11.3 Å². The molecule has 1 unspecified atom stereocenters. The Balaban J connectivity index is 1.62. The summed E-state index contributed by atoms with van der Waals surface area (Å²) in [6.45, 7) is 0.654. The van der Waals surface area contributed by atoms with Crippen LogP contribution in [0.2, 0.25) is 0 Å². The lowest BCUT2D eigenvalue weighted by Gasteiger charge is -2.28. The monoisotopic (exact) mass is 307 g/mol. The minimum Gasteiger partial charge on any atom is -0.476 e. The summed E-state index contributed by atoms with van der Waals surface area (Å²) in [7, 11) is 0. The maximum Gasteiger partial charge on any atom is 0.232 e. The third-order valence-corrected chi connectivity index (χ3v) is 4.38. The highest BCUT2D eigenvalue weighted by Gasteiger charge is 2.45. The number of carbonyl (C=O) groups excluding carboxylic acids is 1. The molecule has 3 N–H and O–H groups in total. The summed E-state index contributed by atoms with van der Waals surface area (Å²) >= 11 is 0. The van der Waals surface area contributed by atoms with E-state index in [1.54, 1.807) is 6.20 Å². The maximum atomic E-state index is 11.8. The fraction of sp³-hybridized carbons (Fsp3) is 0.667. The van der Waals surface area contributed by atoms with E-state index in [9.17, 15) is 15.0 Å². The van der Waals surface area contributed by atoms with Crippen molar-refractivity contribution >= 4 is 5.91 Å². The summed E-state index contributed by atoms with van der Waals surface area (Å²) in [5.41, 5.74) is -0.485. The molecule has 2 saturated carbocycles. The van der Waals surface area contributed by atoms with Gasteiger partial charge < -0.3 is 20.3 Å². The predicted octanol–water partition coefficient (Wildman–Crippen LogP) is -0.116. The fourth-order valence-electron chi connectivity index (χ4n) is 2.91. The predicted molar refractivity (Wildman–Crippen MR) is 76.9 cm³/mol. The normalized spacial score (nSPS) is 31.0. The summed E-state index contributed by atoms with van der Waals surface area (Å²) in [4.78, 5) is 19.8. The second-order valence-corrected chi connectivity index (χ2v) is 6.37. The highest BCUT2D eigenvalue weighted by atomic mass is 16.5. The molecule has 2 aliphatic rings. The van der Waals surface area contributed by atoms with E-state index in [0.717, 1.165) is 12.8 Å². The van der Waals surface area contributed by atoms with Crippen LogP contribution in [-0.2, 0) is 4.79 Å². The zero-order chi connectivity index (χ0) is 15.6. The van der Waals surface area contributed by atoms with Crippen molar-refractivity contribution in [2.24, 2.45) is 11.3 Å². The van der Waals surface area contributed by atoms with Crippen LogP contribution >= 0.6 is 0 Å². The Labute approximate surface area is 128 Å². The Morgan fingerprint density at radius 1 is 1.32 bits per heavy atom. The van der Waals surface area contributed by atoms with Crippen molar-refractivity contribution in [3.63, 3.8) is 0 Å². The molecular formula is C15H21N3O4. The van der Waals surface area contributed by atoms with Crippen molar-refractivity contribution < 1.29 is 19.7 Å². The van der Waals surface area contributed by atoms with E-state index in [1.165, 1.54) is 12.4 Å². The van der Waals surface area contributed by atoms with Crippen molar-refractivity contribution in [3.05, 3.63) is 18.6 Å². The number of rotatable bonds is 6. The van der Waals surface area contributed by atoms with Gasteiger partial charge in [0.05, 0.1) is 25.0 Å². The first-order valence-corrected chi connectivity index (χ1v) is 7.61. The minimum absolute atomic E-state index is 0.0507. The van der Waals surface area contributed by atoms with Crippen molar-refractivity contribution in [2.45, 2.75) is 37.9 Å². The number of aromatic nitrogens is 2. The molecule has 2 aliphatic carbocycles. The Morgan fingerprint density at radius 2 is 2.05 bits per heavy atom. The van der Waals surface area contributed by atoms with E-state index in [4.69, 9.17) is 4.74 Å². The molecule has 1 heterocycles. The van der Waals surface area contributed by atoms with Crippen molar-refractivity contribution in [1.29, 1.82) is 0 Å². The molecule has 0 saturated heterocycles. The molecule has 1 amide bonds. The molecule has 1 aromatic rings. The molecular weight excluding hydrogens is 286 g/mol. The van der Waals surface area contributed by atoms with Crippen molar-refractivity contribution in [2.75, 3.05) is 13.2 Å². The van der Waals surface area contributed by atoms with Gasteiger partial charge in [-0.05, 0) is 25.7 Å². The molecule has 1 aromatic heterocycles. The van der Waals surface area contributed by atoms with Crippen LogP contribution in [0.1, 0.15) is 25.7 Å². The number of nitrogens with zero attached hydrogens (tertiary/aromatic N) is 2. The van der Waals surface area contributed by atoms with Gasteiger partial charge in [-0.25, -0.2) is 4.98 Å². The topological polar surface area (TPSA) is 105 Å². The highest BCUT2D eigenvalue weighted by molar-refractivity contribution is 5.80. The van der Waals surface area contributed by atoms with Gasteiger partial charge in [-0.1, -0.05) is 0 Å². The second kappa shape index (κ2) is 6.18. The molecule has 0 bridgehead atoms. The summed E-state index contributed by atoms with van der Waals surface area (Å²) in [5, 5.41) is 22.7. The van der Waals surface area contributed by atoms with Gasteiger partial charge in [-0.15, -0.1) is 0 Å². The first-order valence-electron chi connectivity index (χ1n) is 7.61. The van der Waals surface area contributed by atoms with Crippen LogP contribution in [0.5, 0.6) is 5.88 Å². The lowest BCUT2D eigenvalue weighted by Crippen LogP contribution is -2.41. The Hall–Kier alpha value is -1.73. The number of amides is 1. The lowest BCUT2D eigenvalue weighted by molar-refractivity contribution is -0.123. The van der Waals surface area contributed by atoms with Gasteiger partial charge in [0.25, 0.3) is 0 Å². The average molecular weight is 307 g/mol. The zero-order valence-corrected chi connectivity index (χ0v) is 12.3. The molecule has 0 aromatic carbocycles. The molecule has 0 radical (unpaired) electrons. The van der Waals surface area contributed by atoms with Crippen molar-refractivity contribution in [1.82, 2.24) is 15.3 Å². The Morgan fingerprint density at radius 3 is 2.64 bits per heavy atom. The van der Waals surface area contributed by atoms with E-state index >= 15 is 0 Å². The van der Waals surface area contributed by atoms with Gasteiger partial charge in [-0.2, -0.15) is 0 Å². The van der Waals surface area contributed by atoms with Crippen LogP contribution in [0.15, 0.2) is 18.6 Å². The smallest absolute Gasteiger partial charge is 0.232 e. The summed E-state index contributed by atoms with van der Waals surface area (Å²) < 4.78 is 5.65. The second-order valence-electron chi connectivity index (χ2n) is 6.37. The number of hydrogen-bond donors (Lipinski definition) is 3. The number of aliphatic hydroxyl groups excluding tert-OH is 2. The lowest BCUT2D eigenvalue weighted by atomic mass is 9.86. The Kier molecular flexibility index (Phi) is 4.26. The van der Waals surface area contributed by atoms with Gasteiger partial charge in [0, 0.05) is 30.3 Å². The number of nitrogens with one attached hydrogen (secondary N) is 1. The molecule has 3 atom stereocenters. The van der Waals surface area contributed by atoms with Gasteiger partial charge in [0.15, 0.2) is 0 Å². The van der Waals surface area contributed by atoms with Crippen LogP contribution in [0.3, 0.4) is 0 Å². The molecule has 0 aliphatic heterocycles. The van der Waals surface area contributed by atoms with Crippen LogP contribution in [0.25, 0.3) is 0 Å². The van der Waals surface area contributed by atoms with E-state index in [2.05, 4.69) is 15.3 Å². The third kappa shape index (κ3) is 3.53. The number of hydrogen-bond acceptors (Lipinski definition) is 6. The van der Waals surface area contributed by atoms with Gasteiger partial charge in [0.1, 0.15) is 0 Å². The zero-order valence-electron chi connectivity index (χ0n) is 12.3. The van der Waals surface area contributed by atoms with Crippen LogP contribution in [-0.4, -0.2) is 51.4 Å². The van der Waals surface area contributed by atoms with Crippen LogP contribution < -0.4 is 10.1 Å². The first kappa shape index (κ1) is 15.2. The van der Waals surface area contributed by atoms with Gasteiger partial charge >= 0.3 is 0 Å². The number of carbonyl (C=O) groups is 1. The summed E-state index contributed by atoms with van der Waals surface area (Å²) in [5.74, 6) is 0.579. The maximum absolute atomic E-state index is 11.8. The number of aliphatic hydroxyl groups is 2. The molecule has 0 spiro atoms. The first-order chi connectivity index (χ1) is 10.6. The largest absolute Gasteiger partial charge is 0.476 e. The van der Waals surface area contributed by atoms with E-state index in [1.807, 2.05) is 0 Å². The van der Waals surface area contributed by atoms with Gasteiger partial charge in [-0.3, -0.25) is 9.78 Å². The van der Waals surface area contributed by atoms with E-state index in [0.29, 0.717) is 25.3 Å². The highest BCUT2D eigenvalue weighted by Crippen LogP contribution is 2.39. The van der Waals surface area contributed by atoms with Crippen molar-refractivity contribution in [3.8, 4) is 5.88 Å². The molecule has 2 fully saturated rings. The van der Waals surface area contributed by atoms with Gasteiger partial charge in [0.2, 0.25) is 11.8 Å². The standard InChI is InChI=1S/C15H21N3O4/c19-11-5-15(6-12(11)20,8-18-14(21)10-1-2-10)9-22-13-7-16-3-4-17-13/h3-4,7,10-12,19-20H,1-2,5-6,8-9H2,(H,18,21)/t11-,12+,15?. The summed E-state index contributed by atoms with van der Waals surface area (Å²) in [6, 6.07) is 0. The Bertz CT molecular complexity index is 511. The minimum atomic E-state index is -0.789. The fourth-order valence-corrected chi connectivity index (χ4v) is 2.91. The SMILES string of the molecule is O=C(NCC1(COc2cnccn2)C[C@@H](O)[C@@H](O)C1)C1CC1. The quantitative estimate of drug-likeness (QED) is 0.677.